The monoisotopic (exact) mass is 382 g/mol. The van der Waals surface area contributed by atoms with Gasteiger partial charge in [-0.15, -0.1) is 12.4 Å². The first kappa shape index (κ1) is 20.3. The fourth-order valence-corrected chi connectivity index (χ4v) is 3.66. The summed E-state index contributed by atoms with van der Waals surface area (Å²) in [6.07, 6.45) is 3.02. The molecule has 2 atom stereocenters. The standard InChI is InChI=1S/C18H26N4O3.ClH/c1-12(19)14-5-3-4-9-21(14)17(23)13-6-7-16(25-2)15(11-13)22-10-8-20-18(22)24;/h6-7,11-12,14H,3-5,8-10,19H2,1-2H3,(H,20,24);1H. The Balaban J connectivity index is 0.00000243. The first-order chi connectivity index (χ1) is 12.0. The van der Waals surface area contributed by atoms with Crippen molar-refractivity contribution in [1.29, 1.82) is 0 Å². The number of ether oxygens (including phenoxy) is 1. The predicted molar refractivity (Wildman–Crippen MR) is 103 cm³/mol. The number of carbonyl (C=O) groups excluding carboxylic acids is 2. The highest BCUT2D eigenvalue weighted by Gasteiger charge is 2.31. The van der Waals surface area contributed by atoms with Gasteiger partial charge in [0.05, 0.1) is 12.8 Å². The van der Waals surface area contributed by atoms with E-state index < -0.39 is 0 Å². The third kappa shape index (κ3) is 3.88. The van der Waals surface area contributed by atoms with Gasteiger partial charge in [0.1, 0.15) is 5.75 Å². The molecule has 2 heterocycles. The number of nitrogens with two attached hydrogens (primary N) is 1. The zero-order valence-corrected chi connectivity index (χ0v) is 16.1. The number of rotatable bonds is 4. The summed E-state index contributed by atoms with van der Waals surface area (Å²) in [5.74, 6) is 0.543. The highest BCUT2D eigenvalue weighted by molar-refractivity contribution is 6.00. The van der Waals surface area contributed by atoms with E-state index in [2.05, 4.69) is 5.32 Å². The van der Waals surface area contributed by atoms with E-state index in [0.717, 1.165) is 25.8 Å². The van der Waals surface area contributed by atoms with Crippen LogP contribution in [0.3, 0.4) is 0 Å². The van der Waals surface area contributed by atoms with Crippen LogP contribution in [0.2, 0.25) is 0 Å². The second kappa shape index (κ2) is 8.60. The van der Waals surface area contributed by atoms with Crippen molar-refractivity contribution < 1.29 is 14.3 Å². The number of nitrogens with one attached hydrogen (secondary N) is 1. The molecule has 1 aromatic rings. The van der Waals surface area contributed by atoms with Crippen LogP contribution in [0.5, 0.6) is 5.75 Å². The van der Waals surface area contributed by atoms with Crippen molar-refractivity contribution in [2.75, 3.05) is 31.6 Å². The van der Waals surface area contributed by atoms with Crippen molar-refractivity contribution in [3.63, 3.8) is 0 Å². The molecule has 8 heteroatoms. The third-order valence-corrected chi connectivity index (χ3v) is 4.99. The minimum Gasteiger partial charge on any atom is -0.495 e. The number of anilines is 1. The molecule has 0 aromatic heterocycles. The van der Waals surface area contributed by atoms with Crippen molar-refractivity contribution in [2.45, 2.75) is 38.3 Å². The molecule has 2 aliphatic heterocycles. The molecule has 2 aliphatic rings. The van der Waals surface area contributed by atoms with E-state index in [9.17, 15) is 9.59 Å². The Kier molecular flexibility index (Phi) is 6.72. The van der Waals surface area contributed by atoms with Gasteiger partial charge < -0.3 is 20.7 Å². The number of halogens is 1. The number of piperidine rings is 1. The van der Waals surface area contributed by atoms with Crippen LogP contribution in [-0.4, -0.2) is 55.7 Å². The molecule has 0 spiro atoms. The van der Waals surface area contributed by atoms with Gasteiger partial charge in [-0.25, -0.2) is 4.79 Å². The van der Waals surface area contributed by atoms with Crippen LogP contribution in [-0.2, 0) is 0 Å². The Morgan fingerprint density at radius 1 is 1.35 bits per heavy atom. The summed E-state index contributed by atoms with van der Waals surface area (Å²) < 4.78 is 5.38. The predicted octanol–water partition coefficient (Wildman–Crippen LogP) is 1.99. The molecular weight excluding hydrogens is 356 g/mol. The number of likely N-dealkylation sites (tertiary alicyclic amines) is 1. The number of carbonyl (C=O) groups is 2. The zero-order valence-electron chi connectivity index (χ0n) is 15.2. The summed E-state index contributed by atoms with van der Waals surface area (Å²) in [5.41, 5.74) is 7.27. The second-order valence-electron chi connectivity index (χ2n) is 6.69. The van der Waals surface area contributed by atoms with Crippen LogP contribution >= 0.6 is 12.4 Å². The number of hydrogen-bond donors (Lipinski definition) is 2. The number of benzene rings is 1. The summed E-state index contributed by atoms with van der Waals surface area (Å²) in [4.78, 5) is 28.6. The minimum absolute atomic E-state index is 0. The van der Waals surface area contributed by atoms with E-state index >= 15 is 0 Å². The SMILES string of the molecule is COc1ccc(C(=O)N2CCCCC2C(C)N)cc1N1CCNC1=O.Cl. The van der Waals surface area contributed by atoms with Crippen molar-refractivity contribution in [2.24, 2.45) is 5.73 Å². The lowest BCUT2D eigenvalue weighted by Gasteiger charge is -2.38. The Morgan fingerprint density at radius 2 is 2.12 bits per heavy atom. The van der Waals surface area contributed by atoms with Crippen LogP contribution in [0.1, 0.15) is 36.5 Å². The van der Waals surface area contributed by atoms with Gasteiger partial charge in [-0.05, 0) is 44.4 Å². The molecule has 3 amide bonds. The summed E-state index contributed by atoms with van der Waals surface area (Å²) in [6, 6.07) is 5.08. The van der Waals surface area contributed by atoms with E-state index in [1.165, 1.54) is 0 Å². The number of nitrogens with zero attached hydrogens (tertiary/aromatic N) is 2. The highest BCUT2D eigenvalue weighted by atomic mass is 35.5. The lowest BCUT2D eigenvalue weighted by molar-refractivity contribution is 0.0584. The lowest BCUT2D eigenvalue weighted by Crippen LogP contribution is -2.51. The summed E-state index contributed by atoms with van der Waals surface area (Å²) in [7, 11) is 1.56. The summed E-state index contributed by atoms with van der Waals surface area (Å²) in [6.45, 7) is 3.80. The number of urea groups is 1. The molecule has 1 aromatic carbocycles. The van der Waals surface area contributed by atoms with E-state index in [1.54, 1.807) is 30.2 Å². The van der Waals surface area contributed by atoms with Gasteiger partial charge in [0.2, 0.25) is 0 Å². The molecule has 0 aliphatic carbocycles. The first-order valence-corrected chi connectivity index (χ1v) is 8.83. The van der Waals surface area contributed by atoms with Crippen LogP contribution in [0, 0.1) is 0 Å². The maximum absolute atomic E-state index is 13.1. The molecule has 0 radical (unpaired) electrons. The van der Waals surface area contributed by atoms with Gasteiger partial charge in [0, 0.05) is 37.3 Å². The molecule has 26 heavy (non-hydrogen) atoms. The fraction of sp³-hybridized carbons (Fsp3) is 0.556. The molecule has 3 rings (SSSR count). The summed E-state index contributed by atoms with van der Waals surface area (Å²) in [5, 5.41) is 2.77. The molecule has 0 saturated carbocycles. The number of methoxy groups -OCH3 is 1. The average Bonchev–Trinajstić information content (AvgIpc) is 3.06. The van der Waals surface area contributed by atoms with Crippen molar-refractivity contribution >= 4 is 30.0 Å². The van der Waals surface area contributed by atoms with Crippen LogP contribution in [0.4, 0.5) is 10.5 Å². The van der Waals surface area contributed by atoms with E-state index in [1.807, 2.05) is 11.8 Å². The Hall–Kier alpha value is -1.99. The molecular formula is C18H27ClN4O3. The Bertz CT molecular complexity index is 668. The maximum atomic E-state index is 13.1. The normalized spacial score (nSPS) is 21.0. The first-order valence-electron chi connectivity index (χ1n) is 8.83. The van der Waals surface area contributed by atoms with Gasteiger partial charge in [-0.1, -0.05) is 0 Å². The van der Waals surface area contributed by atoms with Crippen LogP contribution in [0.25, 0.3) is 0 Å². The zero-order chi connectivity index (χ0) is 18.0. The number of amides is 3. The molecule has 7 nitrogen and oxygen atoms in total. The van der Waals surface area contributed by atoms with Crippen molar-refractivity contribution in [1.82, 2.24) is 10.2 Å². The van der Waals surface area contributed by atoms with E-state index in [0.29, 0.717) is 30.1 Å². The smallest absolute Gasteiger partial charge is 0.322 e. The lowest BCUT2D eigenvalue weighted by atomic mass is 9.96. The molecule has 144 valence electrons. The third-order valence-electron chi connectivity index (χ3n) is 4.99. The van der Waals surface area contributed by atoms with Crippen molar-refractivity contribution in [3.05, 3.63) is 23.8 Å². The highest BCUT2D eigenvalue weighted by Crippen LogP contribution is 2.31. The van der Waals surface area contributed by atoms with Gasteiger partial charge in [-0.3, -0.25) is 9.69 Å². The molecule has 0 bridgehead atoms. The van der Waals surface area contributed by atoms with E-state index in [4.69, 9.17) is 10.5 Å². The number of hydrogen-bond acceptors (Lipinski definition) is 4. The second-order valence-corrected chi connectivity index (χ2v) is 6.69. The van der Waals surface area contributed by atoms with Gasteiger partial charge in [0.25, 0.3) is 5.91 Å². The largest absolute Gasteiger partial charge is 0.495 e. The quantitative estimate of drug-likeness (QED) is 0.833. The van der Waals surface area contributed by atoms with Gasteiger partial charge in [-0.2, -0.15) is 0 Å². The summed E-state index contributed by atoms with van der Waals surface area (Å²) >= 11 is 0. The average molecular weight is 383 g/mol. The minimum atomic E-state index is -0.172. The maximum Gasteiger partial charge on any atom is 0.322 e. The van der Waals surface area contributed by atoms with Crippen LogP contribution < -0.4 is 20.7 Å². The van der Waals surface area contributed by atoms with Crippen molar-refractivity contribution in [3.8, 4) is 5.75 Å². The van der Waals surface area contributed by atoms with Crippen LogP contribution in [0.15, 0.2) is 18.2 Å². The van der Waals surface area contributed by atoms with E-state index in [-0.39, 0.29) is 36.4 Å². The molecule has 2 saturated heterocycles. The van der Waals surface area contributed by atoms with Gasteiger partial charge in [0.15, 0.2) is 0 Å². The Labute approximate surface area is 160 Å². The molecule has 2 unspecified atom stereocenters. The fourth-order valence-electron chi connectivity index (χ4n) is 3.66. The Morgan fingerprint density at radius 3 is 2.73 bits per heavy atom. The van der Waals surface area contributed by atoms with Gasteiger partial charge >= 0.3 is 6.03 Å². The molecule has 3 N–H and O–H groups in total. The molecule has 2 fully saturated rings. The topological polar surface area (TPSA) is 87.9 Å².